The highest BCUT2D eigenvalue weighted by molar-refractivity contribution is 9.10. The van der Waals surface area contributed by atoms with Crippen LogP contribution in [-0.4, -0.2) is 32.9 Å². The Hall–Kier alpha value is -2.54. The number of carbonyl (C=O) groups is 1. The molecule has 1 N–H and O–H groups in total. The monoisotopic (exact) mass is 448 g/mol. The Labute approximate surface area is 174 Å². The maximum Gasteiger partial charge on any atom is 0.277 e. The lowest BCUT2D eigenvalue weighted by Gasteiger charge is -2.20. The van der Waals surface area contributed by atoms with Gasteiger partial charge < -0.3 is 14.2 Å². The van der Waals surface area contributed by atoms with E-state index in [4.69, 9.17) is 14.2 Å². The predicted molar refractivity (Wildman–Crippen MR) is 114 cm³/mol. The highest BCUT2D eigenvalue weighted by atomic mass is 79.9. The molecular weight excluding hydrogens is 424 g/mol. The zero-order valence-electron chi connectivity index (χ0n) is 16.7. The number of hydrogen-bond donors (Lipinski definition) is 1. The Morgan fingerprint density at radius 1 is 1.11 bits per heavy atom. The van der Waals surface area contributed by atoms with Crippen molar-refractivity contribution in [2.75, 3.05) is 20.8 Å². The van der Waals surface area contributed by atoms with Gasteiger partial charge >= 0.3 is 0 Å². The average Bonchev–Trinajstić information content (AvgIpc) is 2.66. The van der Waals surface area contributed by atoms with E-state index in [2.05, 4.69) is 47.2 Å². The van der Waals surface area contributed by atoms with Gasteiger partial charge in [0.05, 0.1) is 24.9 Å². The third kappa shape index (κ3) is 5.99. The van der Waals surface area contributed by atoms with Crippen molar-refractivity contribution in [2.24, 2.45) is 5.10 Å². The number of benzene rings is 2. The van der Waals surface area contributed by atoms with Crippen molar-refractivity contribution in [3.63, 3.8) is 0 Å². The van der Waals surface area contributed by atoms with Crippen LogP contribution in [0.15, 0.2) is 46.0 Å². The van der Waals surface area contributed by atoms with E-state index in [0.29, 0.717) is 22.8 Å². The van der Waals surface area contributed by atoms with E-state index < -0.39 is 0 Å². The third-order valence-corrected chi connectivity index (χ3v) is 4.61. The summed E-state index contributed by atoms with van der Waals surface area (Å²) < 4.78 is 16.8. The third-order valence-electron chi connectivity index (χ3n) is 3.99. The fraction of sp³-hybridized carbons (Fsp3) is 0.333. The van der Waals surface area contributed by atoms with Gasteiger partial charge in [0.15, 0.2) is 6.61 Å². The number of rotatable bonds is 7. The number of nitrogens with one attached hydrogen (secondary N) is 1. The van der Waals surface area contributed by atoms with Crippen molar-refractivity contribution in [3.05, 3.63) is 52.0 Å². The highest BCUT2D eigenvalue weighted by Gasteiger charge is 2.15. The molecule has 0 fully saturated rings. The van der Waals surface area contributed by atoms with Crippen LogP contribution in [0.2, 0.25) is 0 Å². The van der Waals surface area contributed by atoms with Crippen molar-refractivity contribution in [2.45, 2.75) is 26.2 Å². The Bertz CT molecular complexity index is 860. The maximum atomic E-state index is 12.0. The topological polar surface area (TPSA) is 69.2 Å². The first-order valence-corrected chi connectivity index (χ1v) is 9.50. The Morgan fingerprint density at radius 3 is 2.43 bits per heavy atom. The van der Waals surface area contributed by atoms with E-state index in [0.717, 1.165) is 4.47 Å². The number of amides is 1. The molecule has 6 nitrogen and oxygen atoms in total. The van der Waals surface area contributed by atoms with Gasteiger partial charge in [0.25, 0.3) is 5.91 Å². The molecule has 150 valence electrons. The number of methoxy groups -OCH3 is 2. The molecule has 0 unspecified atom stereocenters. The van der Waals surface area contributed by atoms with Crippen molar-refractivity contribution in [1.82, 2.24) is 5.43 Å². The van der Waals surface area contributed by atoms with Gasteiger partial charge in [-0.15, -0.1) is 0 Å². The summed E-state index contributed by atoms with van der Waals surface area (Å²) in [6.07, 6.45) is 1.49. The van der Waals surface area contributed by atoms with Gasteiger partial charge in [0.1, 0.15) is 17.2 Å². The zero-order chi connectivity index (χ0) is 20.7. The fourth-order valence-electron chi connectivity index (χ4n) is 2.37. The molecule has 2 aromatic rings. The van der Waals surface area contributed by atoms with Gasteiger partial charge in [0.2, 0.25) is 0 Å². The first kappa shape index (κ1) is 21.8. The number of carbonyl (C=O) groups excluding carboxylic acids is 1. The number of hydrogen-bond acceptors (Lipinski definition) is 5. The fourth-order valence-corrected chi connectivity index (χ4v) is 2.87. The summed E-state index contributed by atoms with van der Waals surface area (Å²) in [5, 5.41) is 3.95. The molecular formula is C21H25BrN2O4. The predicted octanol–water partition coefficient (Wildman–Crippen LogP) is 4.29. The molecule has 1 amide bonds. The molecule has 0 heterocycles. The first-order valence-electron chi connectivity index (χ1n) is 8.71. The van der Waals surface area contributed by atoms with Crippen LogP contribution in [0.4, 0.5) is 0 Å². The minimum absolute atomic E-state index is 0.0360. The van der Waals surface area contributed by atoms with Crippen LogP contribution in [0.5, 0.6) is 17.2 Å². The normalized spacial score (nSPS) is 11.4. The largest absolute Gasteiger partial charge is 0.497 e. The molecule has 0 saturated carbocycles. The highest BCUT2D eigenvalue weighted by Crippen LogP contribution is 2.31. The quantitative estimate of drug-likeness (QED) is 0.506. The number of hydrazone groups is 1. The molecule has 0 bridgehead atoms. The average molecular weight is 449 g/mol. The Balaban J connectivity index is 1.94. The van der Waals surface area contributed by atoms with Crippen LogP contribution >= 0.6 is 15.9 Å². The van der Waals surface area contributed by atoms with E-state index >= 15 is 0 Å². The van der Waals surface area contributed by atoms with Crippen LogP contribution in [0.3, 0.4) is 0 Å². The van der Waals surface area contributed by atoms with E-state index in [1.165, 1.54) is 11.8 Å². The summed E-state index contributed by atoms with van der Waals surface area (Å²) in [4.78, 5) is 12.0. The van der Waals surface area contributed by atoms with Crippen LogP contribution in [-0.2, 0) is 10.2 Å². The molecule has 2 rings (SSSR count). The first-order chi connectivity index (χ1) is 13.2. The van der Waals surface area contributed by atoms with E-state index in [-0.39, 0.29) is 17.9 Å². The molecule has 7 heteroatoms. The molecule has 28 heavy (non-hydrogen) atoms. The molecule has 0 saturated heterocycles. The van der Waals surface area contributed by atoms with Gasteiger partial charge in [-0.3, -0.25) is 4.79 Å². The molecule has 2 aromatic carbocycles. The molecule has 0 aliphatic carbocycles. The van der Waals surface area contributed by atoms with Crippen LogP contribution in [0.1, 0.15) is 31.9 Å². The molecule has 0 spiro atoms. The van der Waals surface area contributed by atoms with E-state index in [1.807, 2.05) is 18.2 Å². The minimum atomic E-state index is -0.370. The molecule has 0 aromatic heterocycles. The van der Waals surface area contributed by atoms with Gasteiger partial charge in [-0.2, -0.15) is 5.10 Å². The minimum Gasteiger partial charge on any atom is -0.497 e. The lowest BCUT2D eigenvalue weighted by Crippen LogP contribution is -2.24. The van der Waals surface area contributed by atoms with E-state index in [9.17, 15) is 4.79 Å². The Morgan fingerprint density at radius 2 is 1.82 bits per heavy atom. The van der Waals surface area contributed by atoms with Crippen molar-refractivity contribution < 1.29 is 19.0 Å². The van der Waals surface area contributed by atoms with Gasteiger partial charge in [-0.25, -0.2) is 5.43 Å². The second kappa shape index (κ2) is 9.59. The zero-order valence-corrected chi connectivity index (χ0v) is 18.3. The van der Waals surface area contributed by atoms with Crippen molar-refractivity contribution in [3.8, 4) is 17.2 Å². The number of ether oxygens (including phenoxy) is 3. The van der Waals surface area contributed by atoms with Gasteiger partial charge in [-0.05, 0) is 57.2 Å². The summed E-state index contributed by atoms with van der Waals surface area (Å²) in [6.45, 7) is 6.26. The standard InChI is InChI=1S/C21H25BrN2O4/c1-21(2,3)15-6-8-19(17(22)11-15)28-13-20(25)24-23-12-14-10-16(26-4)7-9-18(14)27-5/h6-12H,13H2,1-5H3,(H,24,25)/b23-12+. The Kier molecular flexibility index (Phi) is 7.45. The maximum absolute atomic E-state index is 12.0. The van der Waals surface area contributed by atoms with E-state index in [1.54, 1.807) is 32.4 Å². The molecule has 0 atom stereocenters. The van der Waals surface area contributed by atoms with Gasteiger partial charge in [0, 0.05) is 5.56 Å². The lowest BCUT2D eigenvalue weighted by molar-refractivity contribution is -0.123. The summed E-state index contributed by atoms with van der Waals surface area (Å²) in [5.41, 5.74) is 4.33. The van der Waals surface area contributed by atoms with Crippen molar-refractivity contribution in [1.29, 1.82) is 0 Å². The van der Waals surface area contributed by atoms with Crippen LogP contribution < -0.4 is 19.6 Å². The van der Waals surface area contributed by atoms with Crippen molar-refractivity contribution >= 4 is 28.1 Å². The molecule has 0 aliphatic heterocycles. The SMILES string of the molecule is COc1ccc(OC)c(/C=N/NC(=O)COc2ccc(C(C)(C)C)cc2Br)c1. The number of halogens is 1. The van der Waals surface area contributed by atoms with Gasteiger partial charge in [-0.1, -0.05) is 26.8 Å². The summed E-state index contributed by atoms with van der Waals surface area (Å²) >= 11 is 3.49. The number of nitrogens with zero attached hydrogens (tertiary/aromatic N) is 1. The summed E-state index contributed by atoms with van der Waals surface area (Å²) in [5.74, 6) is 1.52. The summed E-state index contributed by atoms with van der Waals surface area (Å²) in [7, 11) is 3.14. The molecule has 0 radical (unpaired) electrons. The van der Waals surface area contributed by atoms with Crippen LogP contribution in [0, 0.1) is 0 Å². The second-order valence-corrected chi connectivity index (χ2v) is 7.94. The lowest BCUT2D eigenvalue weighted by atomic mass is 9.87. The second-order valence-electron chi connectivity index (χ2n) is 7.08. The van der Waals surface area contributed by atoms with Crippen LogP contribution in [0.25, 0.3) is 0 Å². The summed E-state index contributed by atoms with van der Waals surface area (Å²) in [6, 6.07) is 11.2. The molecule has 0 aliphatic rings. The smallest absolute Gasteiger partial charge is 0.277 e.